The highest BCUT2D eigenvalue weighted by molar-refractivity contribution is 7.15. The molecular weight excluding hydrogens is 232 g/mol. The van der Waals surface area contributed by atoms with Crippen molar-refractivity contribution in [2.45, 2.75) is 20.4 Å². The highest BCUT2D eigenvalue weighted by atomic mass is 32.1. The highest BCUT2D eigenvalue weighted by Crippen LogP contribution is 2.21. The zero-order chi connectivity index (χ0) is 12.3. The molecule has 0 fully saturated rings. The van der Waals surface area contributed by atoms with Crippen molar-refractivity contribution in [1.29, 1.82) is 0 Å². The van der Waals surface area contributed by atoms with Crippen molar-refractivity contribution in [1.82, 2.24) is 10.2 Å². The maximum absolute atomic E-state index is 5.77. The van der Waals surface area contributed by atoms with Gasteiger partial charge in [0.15, 0.2) is 0 Å². The van der Waals surface area contributed by atoms with Crippen LogP contribution in [0.3, 0.4) is 0 Å². The molecule has 0 atom stereocenters. The second-order valence-corrected chi connectivity index (χ2v) is 5.02. The zero-order valence-electron chi connectivity index (χ0n) is 10.1. The van der Waals surface area contributed by atoms with E-state index in [0.29, 0.717) is 0 Å². The molecule has 0 saturated heterocycles. The largest absolute Gasteiger partial charge is 0.399 e. The minimum atomic E-state index is 0.798. The van der Waals surface area contributed by atoms with Gasteiger partial charge in [0.2, 0.25) is 5.13 Å². The fraction of sp³-hybridized carbons (Fsp3) is 0.333. The van der Waals surface area contributed by atoms with Gasteiger partial charge >= 0.3 is 0 Å². The van der Waals surface area contributed by atoms with E-state index in [1.54, 1.807) is 11.3 Å². The molecule has 17 heavy (non-hydrogen) atoms. The molecule has 0 aliphatic carbocycles. The summed E-state index contributed by atoms with van der Waals surface area (Å²) < 4.78 is 0. The van der Waals surface area contributed by atoms with E-state index in [4.69, 9.17) is 5.73 Å². The van der Waals surface area contributed by atoms with Crippen LogP contribution in [0.25, 0.3) is 0 Å². The number of aryl methyl sites for hydroxylation is 1. The molecule has 0 bridgehead atoms. The Kier molecular flexibility index (Phi) is 3.58. The van der Waals surface area contributed by atoms with E-state index < -0.39 is 0 Å². The predicted molar refractivity (Wildman–Crippen MR) is 72.2 cm³/mol. The molecule has 1 aromatic heterocycles. The molecule has 1 heterocycles. The Morgan fingerprint density at radius 2 is 2.18 bits per heavy atom. The molecular formula is C12H16N4S. The molecule has 90 valence electrons. The monoisotopic (exact) mass is 248 g/mol. The first-order valence-corrected chi connectivity index (χ1v) is 6.40. The molecule has 0 unspecified atom stereocenters. The first-order chi connectivity index (χ1) is 8.19. The number of aromatic nitrogens is 2. The van der Waals surface area contributed by atoms with Gasteiger partial charge in [0.1, 0.15) is 5.01 Å². The van der Waals surface area contributed by atoms with Crippen LogP contribution >= 0.6 is 11.3 Å². The molecule has 2 rings (SSSR count). The normalized spacial score (nSPS) is 10.5. The molecule has 5 heteroatoms. The van der Waals surface area contributed by atoms with Gasteiger partial charge < -0.3 is 10.6 Å². The lowest BCUT2D eigenvalue weighted by molar-refractivity contribution is 0.814. The molecule has 0 amide bonds. The number of nitrogen functional groups attached to an aromatic ring is 1. The van der Waals surface area contributed by atoms with Crippen LogP contribution in [0, 0.1) is 6.92 Å². The zero-order valence-corrected chi connectivity index (χ0v) is 10.9. The summed E-state index contributed by atoms with van der Waals surface area (Å²) in [5.41, 5.74) is 7.77. The van der Waals surface area contributed by atoms with Gasteiger partial charge in [-0.2, -0.15) is 0 Å². The summed E-state index contributed by atoms with van der Waals surface area (Å²) in [6.07, 6.45) is 0. The number of nitrogens with zero attached hydrogens (tertiary/aromatic N) is 3. The van der Waals surface area contributed by atoms with Crippen LogP contribution in [0.1, 0.15) is 17.5 Å². The van der Waals surface area contributed by atoms with Gasteiger partial charge in [-0.15, -0.1) is 10.2 Å². The standard InChI is InChI=1S/C12H16N4S/c1-3-16(12-15-14-9(2)17-12)8-10-5-4-6-11(13)7-10/h4-7H,3,8,13H2,1-2H3. The van der Waals surface area contributed by atoms with E-state index in [9.17, 15) is 0 Å². The summed E-state index contributed by atoms with van der Waals surface area (Å²) in [5, 5.41) is 10.2. The van der Waals surface area contributed by atoms with Crippen molar-refractivity contribution in [2.75, 3.05) is 17.2 Å². The molecule has 4 nitrogen and oxygen atoms in total. The molecule has 1 aromatic carbocycles. The SMILES string of the molecule is CCN(Cc1cccc(N)c1)c1nnc(C)s1. The first-order valence-electron chi connectivity index (χ1n) is 5.58. The predicted octanol–water partition coefficient (Wildman–Crippen LogP) is 2.46. The van der Waals surface area contributed by atoms with Crippen molar-refractivity contribution in [3.8, 4) is 0 Å². The summed E-state index contributed by atoms with van der Waals surface area (Å²) in [4.78, 5) is 2.19. The average molecular weight is 248 g/mol. The van der Waals surface area contributed by atoms with Crippen LogP contribution in [0.5, 0.6) is 0 Å². The van der Waals surface area contributed by atoms with Gasteiger partial charge in [0, 0.05) is 18.8 Å². The Balaban J connectivity index is 2.15. The fourth-order valence-electron chi connectivity index (χ4n) is 1.64. The minimum absolute atomic E-state index is 0.798. The third-order valence-electron chi connectivity index (χ3n) is 2.49. The van der Waals surface area contributed by atoms with Crippen LogP contribution < -0.4 is 10.6 Å². The molecule has 0 saturated carbocycles. The van der Waals surface area contributed by atoms with E-state index in [2.05, 4.69) is 28.1 Å². The molecule has 0 aliphatic rings. The van der Waals surface area contributed by atoms with Crippen molar-refractivity contribution < 1.29 is 0 Å². The molecule has 0 aliphatic heterocycles. The highest BCUT2D eigenvalue weighted by Gasteiger charge is 2.10. The Hall–Kier alpha value is -1.62. The lowest BCUT2D eigenvalue weighted by Gasteiger charge is -2.19. The van der Waals surface area contributed by atoms with Gasteiger partial charge in [-0.25, -0.2) is 0 Å². The van der Waals surface area contributed by atoms with Crippen LogP contribution in [-0.4, -0.2) is 16.7 Å². The topological polar surface area (TPSA) is 55.0 Å². The Morgan fingerprint density at radius 1 is 1.35 bits per heavy atom. The Labute approximate surface area is 105 Å². The Morgan fingerprint density at radius 3 is 2.76 bits per heavy atom. The summed E-state index contributed by atoms with van der Waals surface area (Å²) in [5.74, 6) is 0. The van der Waals surface area contributed by atoms with Crippen LogP contribution in [0.2, 0.25) is 0 Å². The van der Waals surface area contributed by atoms with Crippen molar-refractivity contribution in [3.05, 3.63) is 34.8 Å². The van der Waals surface area contributed by atoms with Gasteiger partial charge in [-0.3, -0.25) is 0 Å². The molecule has 2 N–H and O–H groups in total. The molecule has 0 spiro atoms. The van der Waals surface area contributed by atoms with E-state index in [-0.39, 0.29) is 0 Å². The van der Waals surface area contributed by atoms with E-state index in [1.807, 2.05) is 25.1 Å². The van der Waals surface area contributed by atoms with Crippen LogP contribution in [-0.2, 0) is 6.54 Å². The summed E-state index contributed by atoms with van der Waals surface area (Å²) in [6, 6.07) is 7.95. The smallest absolute Gasteiger partial charge is 0.208 e. The lowest BCUT2D eigenvalue weighted by atomic mass is 10.2. The fourth-order valence-corrected chi connectivity index (χ4v) is 2.39. The van der Waals surface area contributed by atoms with E-state index in [0.717, 1.165) is 28.9 Å². The third kappa shape index (κ3) is 2.94. The second-order valence-electron chi connectivity index (χ2n) is 3.86. The second kappa shape index (κ2) is 5.14. The molecule has 0 radical (unpaired) electrons. The van der Waals surface area contributed by atoms with E-state index in [1.165, 1.54) is 5.56 Å². The van der Waals surface area contributed by atoms with Crippen molar-refractivity contribution in [2.24, 2.45) is 0 Å². The number of anilines is 2. The van der Waals surface area contributed by atoms with Gasteiger partial charge in [-0.05, 0) is 31.5 Å². The minimum Gasteiger partial charge on any atom is -0.399 e. The van der Waals surface area contributed by atoms with E-state index >= 15 is 0 Å². The van der Waals surface area contributed by atoms with Crippen LogP contribution in [0.15, 0.2) is 24.3 Å². The van der Waals surface area contributed by atoms with Crippen molar-refractivity contribution >= 4 is 22.2 Å². The lowest BCUT2D eigenvalue weighted by Crippen LogP contribution is -2.21. The summed E-state index contributed by atoms with van der Waals surface area (Å²) in [6.45, 7) is 5.80. The van der Waals surface area contributed by atoms with Gasteiger partial charge in [0.25, 0.3) is 0 Å². The third-order valence-corrected chi connectivity index (χ3v) is 3.39. The number of nitrogens with two attached hydrogens (primary N) is 1. The quantitative estimate of drug-likeness (QED) is 0.844. The van der Waals surface area contributed by atoms with Gasteiger partial charge in [-0.1, -0.05) is 23.5 Å². The number of benzene rings is 1. The first kappa shape index (κ1) is 11.9. The number of hydrogen-bond acceptors (Lipinski definition) is 5. The number of hydrogen-bond donors (Lipinski definition) is 1. The molecule has 2 aromatic rings. The van der Waals surface area contributed by atoms with Gasteiger partial charge in [0.05, 0.1) is 0 Å². The average Bonchev–Trinajstić information content (AvgIpc) is 2.73. The summed E-state index contributed by atoms with van der Waals surface area (Å²) in [7, 11) is 0. The maximum Gasteiger partial charge on any atom is 0.208 e. The maximum atomic E-state index is 5.77. The van der Waals surface area contributed by atoms with Crippen LogP contribution in [0.4, 0.5) is 10.8 Å². The number of rotatable bonds is 4. The van der Waals surface area contributed by atoms with Crippen molar-refractivity contribution in [3.63, 3.8) is 0 Å². The summed E-state index contributed by atoms with van der Waals surface area (Å²) >= 11 is 1.62. The Bertz CT molecular complexity index is 495.